The van der Waals surface area contributed by atoms with E-state index in [1.165, 1.54) is 13.1 Å². The summed E-state index contributed by atoms with van der Waals surface area (Å²) in [6, 6.07) is 10.2. The van der Waals surface area contributed by atoms with Crippen molar-refractivity contribution >= 4 is 40.2 Å². The molecule has 0 aliphatic heterocycles. The Morgan fingerprint density at radius 3 is 2.73 bits per heavy atom. The fourth-order valence-electron chi connectivity index (χ4n) is 2.40. The van der Waals surface area contributed by atoms with Gasteiger partial charge in [-0.1, -0.05) is 23.7 Å². The molecular weight excluding hydrogens is 354 g/mol. The monoisotopic (exact) mass is 369 g/mol. The van der Waals surface area contributed by atoms with Crippen LogP contribution in [0.3, 0.4) is 0 Å². The van der Waals surface area contributed by atoms with Crippen LogP contribution in [0.1, 0.15) is 22.8 Å². The second-order valence-electron chi connectivity index (χ2n) is 5.73. The summed E-state index contributed by atoms with van der Waals surface area (Å²) in [5.74, 6) is -1.09. The van der Waals surface area contributed by atoms with Gasteiger partial charge in [0.2, 0.25) is 0 Å². The number of carbonyl (C=O) groups is 2. The third-order valence-corrected chi connectivity index (χ3v) is 4.06. The fourth-order valence-corrected chi connectivity index (χ4v) is 2.57. The van der Waals surface area contributed by atoms with Gasteiger partial charge in [-0.3, -0.25) is 14.8 Å². The van der Waals surface area contributed by atoms with Gasteiger partial charge in [0.05, 0.1) is 11.1 Å². The molecule has 2 aromatic carbocycles. The number of anilines is 1. The number of hydrogen-bond donors (Lipinski definition) is 1. The Labute approximate surface area is 155 Å². The third kappa shape index (κ3) is 3.81. The largest absolute Gasteiger partial charge is 0.449 e. The van der Waals surface area contributed by atoms with Crippen LogP contribution >= 0.6 is 11.6 Å². The second kappa shape index (κ2) is 7.49. The van der Waals surface area contributed by atoms with Crippen LogP contribution < -0.4 is 5.32 Å². The van der Waals surface area contributed by atoms with Crippen molar-refractivity contribution in [3.63, 3.8) is 0 Å². The molecule has 3 aromatic rings. The van der Waals surface area contributed by atoms with E-state index in [0.29, 0.717) is 21.7 Å². The van der Waals surface area contributed by atoms with Crippen LogP contribution in [0.4, 0.5) is 5.69 Å². The number of hydrogen-bond acceptors (Lipinski definition) is 5. The molecule has 1 amide bonds. The fraction of sp³-hybridized carbons (Fsp3) is 0.158. The van der Waals surface area contributed by atoms with E-state index in [1.807, 2.05) is 6.92 Å². The Kier molecular flexibility index (Phi) is 5.14. The molecule has 0 spiro atoms. The molecule has 3 rings (SSSR count). The Morgan fingerprint density at radius 2 is 1.92 bits per heavy atom. The summed E-state index contributed by atoms with van der Waals surface area (Å²) in [5.41, 5.74) is 2.69. The number of ether oxygens (including phenoxy) is 1. The van der Waals surface area contributed by atoms with Crippen molar-refractivity contribution in [2.75, 3.05) is 5.32 Å². The molecule has 0 saturated heterocycles. The highest BCUT2D eigenvalue weighted by Gasteiger charge is 2.21. The quantitative estimate of drug-likeness (QED) is 0.708. The molecule has 1 unspecified atom stereocenters. The van der Waals surface area contributed by atoms with Crippen LogP contribution in [0.25, 0.3) is 11.0 Å². The van der Waals surface area contributed by atoms with Crippen molar-refractivity contribution < 1.29 is 14.3 Å². The third-order valence-electron chi connectivity index (χ3n) is 3.83. The Balaban J connectivity index is 1.74. The average Bonchev–Trinajstić information content (AvgIpc) is 2.64. The van der Waals surface area contributed by atoms with Crippen molar-refractivity contribution in [1.82, 2.24) is 9.97 Å². The summed E-state index contributed by atoms with van der Waals surface area (Å²) in [7, 11) is 0. The van der Waals surface area contributed by atoms with E-state index in [1.54, 1.807) is 42.6 Å². The Bertz CT molecular complexity index is 985. The first-order chi connectivity index (χ1) is 12.5. The van der Waals surface area contributed by atoms with Gasteiger partial charge in [0.15, 0.2) is 6.10 Å². The summed E-state index contributed by atoms with van der Waals surface area (Å²) < 4.78 is 5.30. The first-order valence-corrected chi connectivity index (χ1v) is 8.31. The minimum Gasteiger partial charge on any atom is -0.449 e. The number of nitrogens with zero attached hydrogens (tertiary/aromatic N) is 2. The maximum atomic E-state index is 12.5. The van der Waals surface area contributed by atoms with E-state index in [4.69, 9.17) is 16.3 Å². The summed E-state index contributed by atoms with van der Waals surface area (Å²) in [6.07, 6.45) is 2.05. The molecule has 132 valence electrons. The molecule has 6 nitrogen and oxygen atoms in total. The SMILES string of the molecule is Cc1ccc(Cl)cc1NC(=O)C(C)OC(=O)c1cccc2nccnc12. The number of esters is 1. The Hall–Kier alpha value is -2.99. The van der Waals surface area contributed by atoms with Gasteiger partial charge in [0.1, 0.15) is 5.52 Å². The topological polar surface area (TPSA) is 81.2 Å². The van der Waals surface area contributed by atoms with Gasteiger partial charge in [-0.15, -0.1) is 0 Å². The lowest BCUT2D eigenvalue weighted by Crippen LogP contribution is -2.30. The summed E-state index contributed by atoms with van der Waals surface area (Å²) in [4.78, 5) is 33.1. The average molecular weight is 370 g/mol. The zero-order valence-electron chi connectivity index (χ0n) is 14.2. The van der Waals surface area contributed by atoms with E-state index in [-0.39, 0.29) is 5.56 Å². The zero-order chi connectivity index (χ0) is 18.7. The van der Waals surface area contributed by atoms with Crippen molar-refractivity contribution in [1.29, 1.82) is 0 Å². The number of aromatic nitrogens is 2. The molecule has 0 aliphatic rings. The van der Waals surface area contributed by atoms with Crippen LogP contribution in [-0.2, 0) is 9.53 Å². The number of halogens is 1. The molecule has 0 aliphatic carbocycles. The highest BCUT2D eigenvalue weighted by atomic mass is 35.5. The van der Waals surface area contributed by atoms with Crippen molar-refractivity contribution in [2.45, 2.75) is 20.0 Å². The minimum absolute atomic E-state index is 0.259. The van der Waals surface area contributed by atoms with Gasteiger partial charge >= 0.3 is 5.97 Å². The molecule has 1 heterocycles. The predicted molar refractivity (Wildman–Crippen MR) is 99.2 cm³/mol. The highest BCUT2D eigenvalue weighted by Crippen LogP contribution is 2.21. The smallest absolute Gasteiger partial charge is 0.341 e. The summed E-state index contributed by atoms with van der Waals surface area (Å²) in [5, 5.41) is 3.22. The van der Waals surface area contributed by atoms with Crippen molar-refractivity contribution in [2.24, 2.45) is 0 Å². The molecule has 7 heteroatoms. The van der Waals surface area contributed by atoms with Crippen molar-refractivity contribution in [3.8, 4) is 0 Å². The van der Waals surface area contributed by atoms with Crippen LogP contribution in [0.15, 0.2) is 48.8 Å². The number of benzene rings is 2. The number of fused-ring (bicyclic) bond motifs is 1. The lowest BCUT2D eigenvalue weighted by molar-refractivity contribution is -0.123. The van der Waals surface area contributed by atoms with Gasteiger partial charge in [-0.25, -0.2) is 4.79 Å². The number of rotatable bonds is 4. The predicted octanol–water partition coefficient (Wildman–Crippen LogP) is 3.78. The number of amides is 1. The van der Waals surface area contributed by atoms with E-state index in [2.05, 4.69) is 15.3 Å². The maximum Gasteiger partial charge on any atom is 0.341 e. The van der Waals surface area contributed by atoms with E-state index < -0.39 is 18.0 Å². The van der Waals surface area contributed by atoms with Crippen LogP contribution in [0, 0.1) is 6.92 Å². The number of nitrogens with one attached hydrogen (secondary N) is 1. The first-order valence-electron chi connectivity index (χ1n) is 7.93. The molecule has 0 fully saturated rings. The van der Waals surface area contributed by atoms with E-state index in [0.717, 1.165) is 5.56 Å². The van der Waals surface area contributed by atoms with Gasteiger partial charge in [0, 0.05) is 23.1 Å². The van der Waals surface area contributed by atoms with Gasteiger partial charge < -0.3 is 10.1 Å². The molecular formula is C19H16ClN3O3. The highest BCUT2D eigenvalue weighted by molar-refractivity contribution is 6.31. The zero-order valence-corrected chi connectivity index (χ0v) is 14.9. The summed E-state index contributed by atoms with van der Waals surface area (Å²) >= 11 is 5.95. The van der Waals surface area contributed by atoms with Gasteiger partial charge in [-0.05, 0) is 43.7 Å². The minimum atomic E-state index is -0.993. The molecule has 26 heavy (non-hydrogen) atoms. The number of aryl methyl sites for hydroxylation is 1. The lowest BCUT2D eigenvalue weighted by atomic mass is 10.1. The molecule has 1 aromatic heterocycles. The van der Waals surface area contributed by atoms with E-state index in [9.17, 15) is 9.59 Å². The van der Waals surface area contributed by atoms with Crippen LogP contribution in [-0.4, -0.2) is 27.9 Å². The molecule has 1 N–H and O–H groups in total. The number of para-hydroxylation sites is 1. The number of carbonyl (C=O) groups excluding carboxylic acids is 2. The van der Waals surface area contributed by atoms with E-state index >= 15 is 0 Å². The second-order valence-corrected chi connectivity index (χ2v) is 6.16. The first kappa shape index (κ1) is 17.8. The molecule has 0 saturated carbocycles. The standard InChI is InChI=1S/C19H16ClN3O3/c1-11-6-7-13(20)10-16(11)23-18(24)12(2)26-19(25)14-4-3-5-15-17(14)22-9-8-21-15/h3-10,12H,1-2H3,(H,23,24). The Morgan fingerprint density at radius 1 is 1.15 bits per heavy atom. The molecule has 0 radical (unpaired) electrons. The van der Waals surface area contributed by atoms with Gasteiger partial charge in [0.25, 0.3) is 5.91 Å². The molecule has 1 atom stereocenters. The lowest BCUT2D eigenvalue weighted by Gasteiger charge is -2.15. The van der Waals surface area contributed by atoms with Crippen molar-refractivity contribution in [3.05, 3.63) is 64.9 Å². The van der Waals surface area contributed by atoms with Crippen LogP contribution in [0.2, 0.25) is 5.02 Å². The van der Waals surface area contributed by atoms with Crippen LogP contribution in [0.5, 0.6) is 0 Å². The molecule has 0 bridgehead atoms. The van der Waals surface area contributed by atoms with Gasteiger partial charge in [-0.2, -0.15) is 0 Å². The normalized spacial score (nSPS) is 11.8. The maximum absolute atomic E-state index is 12.5. The summed E-state index contributed by atoms with van der Waals surface area (Å²) in [6.45, 7) is 3.35.